The summed E-state index contributed by atoms with van der Waals surface area (Å²) in [5.41, 5.74) is 1.21. The molecule has 4 aliphatic carbocycles. The van der Waals surface area contributed by atoms with Crippen molar-refractivity contribution in [2.24, 2.45) is 29.6 Å². The largest absolute Gasteiger partial charge is 0.481 e. The Morgan fingerprint density at radius 1 is 0.757 bits per heavy atom. The lowest BCUT2D eigenvalue weighted by molar-refractivity contribution is -0.141. The van der Waals surface area contributed by atoms with Gasteiger partial charge in [-0.25, -0.2) is 0 Å². The maximum absolute atomic E-state index is 14.8. The van der Waals surface area contributed by atoms with Gasteiger partial charge in [-0.2, -0.15) is 0 Å². The minimum absolute atomic E-state index is 0.141. The van der Waals surface area contributed by atoms with E-state index in [1.165, 1.54) is 19.3 Å². The lowest BCUT2D eigenvalue weighted by atomic mass is 9.54. The van der Waals surface area contributed by atoms with E-state index in [4.69, 9.17) is 4.52 Å². The molecule has 0 radical (unpaired) electrons. The first-order chi connectivity index (χ1) is 17.7. The number of rotatable bonds is 12. The topological polar surface area (TPSA) is 101 Å². The molecule has 6 nitrogen and oxygen atoms in total. The predicted molar refractivity (Wildman–Crippen MR) is 142 cm³/mol. The molecule has 6 rings (SSSR count). The van der Waals surface area contributed by atoms with Crippen molar-refractivity contribution in [3.63, 3.8) is 0 Å². The van der Waals surface area contributed by atoms with Crippen LogP contribution in [0.3, 0.4) is 0 Å². The van der Waals surface area contributed by atoms with Crippen LogP contribution < -0.4 is 0 Å². The van der Waals surface area contributed by atoms with Crippen molar-refractivity contribution in [2.45, 2.75) is 57.0 Å². The van der Waals surface area contributed by atoms with Crippen LogP contribution in [0.5, 0.6) is 0 Å². The summed E-state index contributed by atoms with van der Waals surface area (Å²) in [4.78, 5) is 24.7. The summed E-state index contributed by atoms with van der Waals surface area (Å²) in [6.45, 7) is 0. The van der Waals surface area contributed by atoms with E-state index in [-0.39, 0.29) is 25.2 Å². The third-order valence-corrected chi connectivity index (χ3v) is 11.4. The molecule has 2 atom stereocenters. The number of carboxylic acids is 2. The molecule has 2 unspecified atom stereocenters. The Morgan fingerprint density at radius 2 is 1.14 bits per heavy atom. The van der Waals surface area contributed by atoms with Gasteiger partial charge in [-0.3, -0.25) is 14.2 Å². The normalized spacial score (nSPS) is 29.4. The first-order valence-electron chi connectivity index (χ1n) is 13.5. The Hall–Kier alpha value is -2.43. The third-order valence-electron chi connectivity index (χ3n) is 8.69. The van der Waals surface area contributed by atoms with Gasteiger partial charge in [0.2, 0.25) is 7.37 Å². The lowest BCUT2D eigenvalue weighted by Gasteiger charge is -2.57. The molecule has 4 aliphatic rings. The second kappa shape index (κ2) is 10.7. The maximum Gasteiger partial charge on any atom is 0.307 e. The van der Waals surface area contributed by atoms with E-state index in [1.807, 2.05) is 60.7 Å². The zero-order chi connectivity index (χ0) is 26.0. The Balaban J connectivity index is 1.43. The third kappa shape index (κ3) is 6.35. The average molecular weight is 525 g/mol. The van der Waals surface area contributed by atoms with E-state index in [1.54, 1.807) is 0 Å². The number of carbonyl (C=O) groups is 2. The summed E-state index contributed by atoms with van der Waals surface area (Å²) < 4.78 is 21.5. The van der Waals surface area contributed by atoms with E-state index in [2.05, 4.69) is 0 Å². The highest BCUT2D eigenvalue weighted by atomic mass is 31.2. The Bertz CT molecular complexity index is 1050. The molecule has 7 heteroatoms. The highest BCUT2D eigenvalue weighted by Crippen LogP contribution is 2.64. The minimum atomic E-state index is -3.62. The molecule has 4 fully saturated rings. The van der Waals surface area contributed by atoms with Crippen LogP contribution in [0.25, 0.3) is 0 Å². The van der Waals surface area contributed by atoms with E-state index < -0.39 is 36.7 Å². The van der Waals surface area contributed by atoms with Crippen LogP contribution >= 0.6 is 7.37 Å². The van der Waals surface area contributed by atoms with E-state index in [0.717, 1.165) is 30.4 Å². The summed E-state index contributed by atoms with van der Waals surface area (Å²) in [7, 11) is -3.62. The van der Waals surface area contributed by atoms with Gasteiger partial charge in [0, 0.05) is 12.3 Å². The molecule has 2 aromatic rings. The monoisotopic (exact) mass is 524 g/mol. The van der Waals surface area contributed by atoms with Gasteiger partial charge < -0.3 is 14.7 Å². The van der Waals surface area contributed by atoms with Gasteiger partial charge in [-0.15, -0.1) is 0 Å². The molecule has 0 saturated heterocycles. The molecule has 0 heterocycles. The Morgan fingerprint density at radius 3 is 1.49 bits per heavy atom. The Kier molecular flexibility index (Phi) is 7.60. The number of carboxylic acid groups (broad SMARTS) is 2. The van der Waals surface area contributed by atoms with Crippen LogP contribution in [-0.4, -0.2) is 40.1 Å². The maximum atomic E-state index is 14.8. The summed E-state index contributed by atoms with van der Waals surface area (Å²) >= 11 is 0. The van der Waals surface area contributed by atoms with Crippen molar-refractivity contribution < 1.29 is 28.9 Å². The molecule has 0 aliphatic heterocycles. The molecule has 37 heavy (non-hydrogen) atoms. The van der Waals surface area contributed by atoms with E-state index in [9.17, 15) is 24.4 Å². The first kappa shape index (κ1) is 26.2. The quantitative estimate of drug-likeness (QED) is 0.324. The van der Waals surface area contributed by atoms with Crippen LogP contribution in [-0.2, 0) is 31.5 Å². The number of benzene rings is 2. The fraction of sp³-hybridized carbons (Fsp3) is 0.533. The summed E-state index contributed by atoms with van der Waals surface area (Å²) in [5.74, 6) is -2.15. The minimum Gasteiger partial charge on any atom is -0.481 e. The van der Waals surface area contributed by atoms with Crippen molar-refractivity contribution in [3.05, 3.63) is 71.8 Å². The van der Waals surface area contributed by atoms with Crippen molar-refractivity contribution in [1.29, 1.82) is 0 Å². The number of aliphatic carboxylic acids is 2. The van der Waals surface area contributed by atoms with Crippen LogP contribution in [0.4, 0.5) is 0 Å². The standard InChI is InChI=1S/C30H37O6P/c31-28(32)26(14-21-7-3-1-4-8-21)19-37(35,20-27(29(33)34)15-22-9-5-2-6-10-22)36-30-16-23-11-24(17-30)13-25(12-23)18-30/h1-10,23-27H,11-20H2,(H,31,32)(H,33,34). The smallest absolute Gasteiger partial charge is 0.307 e. The Labute approximate surface area is 218 Å². The molecule has 2 aromatic carbocycles. The molecule has 0 aromatic heterocycles. The molecule has 2 N–H and O–H groups in total. The molecular formula is C30H37O6P. The van der Waals surface area contributed by atoms with Gasteiger partial charge in [0.15, 0.2) is 0 Å². The van der Waals surface area contributed by atoms with E-state index in [0.29, 0.717) is 17.8 Å². The summed E-state index contributed by atoms with van der Waals surface area (Å²) in [6.07, 6.45) is 6.36. The zero-order valence-electron chi connectivity index (χ0n) is 21.2. The molecule has 4 bridgehead atoms. The van der Waals surface area contributed by atoms with Gasteiger partial charge in [0.25, 0.3) is 0 Å². The van der Waals surface area contributed by atoms with Crippen molar-refractivity contribution >= 4 is 19.3 Å². The highest BCUT2D eigenvalue weighted by molar-refractivity contribution is 7.59. The summed E-state index contributed by atoms with van der Waals surface area (Å²) in [5, 5.41) is 20.2. The van der Waals surface area contributed by atoms with Gasteiger partial charge in [-0.05, 0) is 80.2 Å². The first-order valence-corrected chi connectivity index (χ1v) is 15.5. The van der Waals surface area contributed by atoms with Crippen molar-refractivity contribution in [3.8, 4) is 0 Å². The van der Waals surface area contributed by atoms with Crippen molar-refractivity contribution in [1.82, 2.24) is 0 Å². The molecular weight excluding hydrogens is 487 g/mol. The number of hydrogen-bond acceptors (Lipinski definition) is 4. The molecule has 0 spiro atoms. The average Bonchev–Trinajstić information content (AvgIpc) is 2.83. The van der Waals surface area contributed by atoms with Crippen LogP contribution in [0.1, 0.15) is 49.7 Å². The SMILES string of the molecule is O=C(O)C(Cc1ccccc1)CP(=O)(CC(Cc1ccccc1)C(=O)O)OC12CC3CC(CC(C3)C1)C2. The van der Waals surface area contributed by atoms with Gasteiger partial charge >= 0.3 is 11.9 Å². The zero-order valence-corrected chi connectivity index (χ0v) is 22.1. The molecule has 4 saturated carbocycles. The van der Waals surface area contributed by atoms with Gasteiger partial charge in [-0.1, -0.05) is 60.7 Å². The fourth-order valence-electron chi connectivity index (χ4n) is 7.57. The second-order valence-corrected chi connectivity index (χ2v) is 14.4. The van der Waals surface area contributed by atoms with E-state index >= 15 is 0 Å². The number of hydrogen-bond donors (Lipinski definition) is 2. The van der Waals surface area contributed by atoms with Crippen molar-refractivity contribution in [2.75, 3.05) is 12.3 Å². The van der Waals surface area contributed by atoms with Gasteiger partial charge in [0.05, 0.1) is 17.4 Å². The highest BCUT2D eigenvalue weighted by Gasteiger charge is 2.54. The second-order valence-electron chi connectivity index (χ2n) is 11.8. The predicted octanol–water partition coefficient (Wildman–Crippen LogP) is 6.14. The molecule has 0 amide bonds. The fourth-order valence-corrected chi connectivity index (χ4v) is 10.7. The van der Waals surface area contributed by atoms with Crippen LogP contribution in [0.2, 0.25) is 0 Å². The van der Waals surface area contributed by atoms with Gasteiger partial charge in [0.1, 0.15) is 0 Å². The lowest BCUT2D eigenvalue weighted by Crippen LogP contribution is -2.51. The summed E-state index contributed by atoms with van der Waals surface area (Å²) in [6, 6.07) is 18.7. The molecule has 198 valence electrons. The van der Waals surface area contributed by atoms with Crippen LogP contribution in [0.15, 0.2) is 60.7 Å². The van der Waals surface area contributed by atoms with Crippen LogP contribution in [0, 0.1) is 29.6 Å².